The van der Waals surface area contributed by atoms with Gasteiger partial charge in [-0.3, -0.25) is 14.4 Å². The van der Waals surface area contributed by atoms with E-state index in [0.29, 0.717) is 11.1 Å². The minimum atomic E-state index is -0.168. The Morgan fingerprint density at radius 1 is 1.03 bits per heavy atom. The lowest BCUT2D eigenvalue weighted by atomic mass is 10.1. The number of piperazine rings is 1. The van der Waals surface area contributed by atoms with E-state index in [1.54, 1.807) is 4.68 Å². The molecular weight excluding hydrogens is 396 g/mol. The molecule has 2 aromatic carbocycles. The Balaban J connectivity index is 1.59. The van der Waals surface area contributed by atoms with Crippen molar-refractivity contribution in [3.8, 4) is 5.69 Å². The molecule has 0 aliphatic carbocycles. The maximum Gasteiger partial charge on any atom is 0.290 e. The van der Waals surface area contributed by atoms with Gasteiger partial charge in [0.25, 0.3) is 5.56 Å². The van der Waals surface area contributed by atoms with Crippen molar-refractivity contribution in [3.05, 3.63) is 81.2 Å². The molecule has 0 bridgehead atoms. The van der Waals surface area contributed by atoms with Crippen LogP contribution < -0.4 is 10.5 Å². The lowest BCUT2D eigenvalue weighted by Crippen LogP contribution is -2.52. The third-order valence-corrected chi connectivity index (χ3v) is 6.55. The second-order valence-electron chi connectivity index (χ2n) is 8.23. The van der Waals surface area contributed by atoms with Gasteiger partial charge in [0.15, 0.2) is 0 Å². The Morgan fingerprint density at radius 2 is 1.73 bits per heavy atom. The molecule has 1 saturated heterocycles. The van der Waals surface area contributed by atoms with Crippen molar-refractivity contribution in [2.24, 2.45) is 7.05 Å². The Bertz CT molecular complexity index is 1090. The van der Waals surface area contributed by atoms with Crippen LogP contribution in [0.15, 0.2) is 59.4 Å². The fraction of sp³-hybridized carbons (Fsp3) is 0.375. The molecule has 6 heteroatoms. The van der Waals surface area contributed by atoms with Crippen LogP contribution in [-0.2, 0) is 7.05 Å². The summed E-state index contributed by atoms with van der Waals surface area (Å²) in [6.07, 6.45) is 0. The van der Waals surface area contributed by atoms with Crippen LogP contribution in [0, 0.1) is 6.92 Å². The fourth-order valence-corrected chi connectivity index (χ4v) is 4.96. The van der Waals surface area contributed by atoms with E-state index in [-0.39, 0.29) is 11.6 Å². The van der Waals surface area contributed by atoms with Gasteiger partial charge < -0.3 is 4.90 Å². The van der Waals surface area contributed by atoms with Gasteiger partial charge in [-0.2, -0.15) is 0 Å². The van der Waals surface area contributed by atoms with E-state index in [1.165, 1.54) is 11.3 Å². The summed E-state index contributed by atoms with van der Waals surface area (Å²) in [5.41, 5.74) is 4.07. The van der Waals surface area contributed by atoms with Crippen molar-refractivity contribution in [2.75, 3.05) is 24.5 Å². The highest BCUT2D eigenvalue weighted by atomic mass is 35.5. The standard InChI is InChI=1S/C24H29ClN4O/c1-17-9-8-12-21(15-17)28-14-13-27(16-18(28)2)19(3)23-22(25)24(30)29(26(23)4)20-10-6-5-7-11-20/h5-12,15,18-19H,13-14,16H2,1-4H3. The first-order valence-corrected chi connectivity index (χ1v) is 10.9. The number of halogens is 1. The predicted octanol–water partition coefficient (Wildman–Crippen LogP) is 4.41. The molecular formula is C24H29ClN4O. The van der Waals surface area contributed by atoms with Gasteiger partial charge in [-0.25, -0.2) is 4.68 Å². The largest absolute Gasteiger partial charge is 0.366 e. The van der Waals surface area contributed by atoms with Crippen LogP contribution >= 0.6 is 11.6 Å². The zero-order chi connectivity index (χ0) is 21.4. The molecule has 1 aromatic heterocycles. The predicted molar refractivity (Wildman–Crippen MR) is 124 cm³/mol. The van der Waals surface area contributed by atoms with Crippen molar-refractivity contribution in [1.29, 1.82) is 0 Å². The molecule has 0 spiro atoms. The smallest absolute Gasteiger partial charge is 0.290 e. The summed E-state index contributed by atoms with van der Waals surface area (Å²) in [4.78, 5) is 17.8. The zero-order valence-corrected chi connectivity index (χ0v) is 18.8. The quantitative estimate of drug-likeness (QED) is 0.622. The molecule has 4 rings (SSSR count). The average Bonchev–Trinajstić information content (AvgIpc) is 2.96. The topological polar surface area (TPSA) is 33.4 Å². The van der Waals surface area contributed by atoms with Crippen LogP contribution in [0.2, 0.25) is 5.02 Å². The van der Waals surface area contributed by atoms with Crippen molar-refractivity contribution < 1.29 is 0 Å². The number of nitrogens with zero attached hydrogens (tertiary/aromatic N) is 4. The number of aromatic nitrogens is 2. The van der Waals surface area contributed by atoms with E-state index >= 15 is 0 Å². The van der Waals surface area contributed by atoms with Gasteiger partial charge in [-0.15, -0.1) is 0 Å². The Kier molecular flexibility index (Phi) is 5.76. The molecule has 1 aliphatic heterocycles. The second-order valence-corrected chi connectivity index (χ2v) is 8.61. The van der Waals surface area contributed by atoms with Gasteiger partial charge in [-0.05, 0) is 50.6 Å². The first-order valence-electron chi connectivity index (χ1n) is 10.5. The molecule has 1 fully saturated rings. The van der Waals surface area contributed by atoms with Crippen molar-refractivity contribution >= 4 is 17.3 Å². The number of hydrogen-bond acceptors (Lipinski definition) is 3. The van der Waals surface area contributed by atoms with Gasteiger partial charge in [0.2, 0.25) is 0 Å². The van der Waals surface area contributed by atoms with Gasteiger partial charge in [-0.1, -0.05) is 41.9 Å². The van der Waals surface area contributed by atoms with Gasteiger partial charge in [0.05, 0.1) is 17.4 Å². The third-order valence-electron chi connectivity index (χ3n) is 6.19. The molecule has 2 heterocycles. The molecule has 30 heavy (non-hydrogen) atoms. The number of para-hydroxylation sites is 1. The lowest BCUT2D eigenvalue weighted by molar-refractivity contribution is 0.169. The Hall–Kier alpha value is -2.50. The molecule has 2 unspecified atom stereocenters. The van der Waals surface area contributed by atoms with Crippen LogP contribution in [0.3, 0.4) is 0 Å². The van der Waals surface area contributed by atoms with Crippen molar-refractivity contribution in [2.45, 2.75) is 32.9 Å². The van der Waals surface area contributed by atoms with E-state index in [4.69, 9.17) is 11.6 Å². The number of rotatable bonds is 4. The highest BCUT2D eigenvalue weighted by Gasteiger charge is 2.31. The van der Waals surface area contributed by atoms with E-state index in [0.717, 1.165) is 31.0 Å². The normalized spacial score (nSPS) is 18.6. The van der Waals surface area contributed by atoms with E-state index < -0.39 is 0 Å². The Labute approximate surface area is 183 Å². The maximum atomic E-state index is 12.9. The molecule has 3 aromatic rings. The SMILES string of the molecule is Cc1cccc(N2CCN(C(C)c3c(Cl)c(=O)n(-c4ccccc4)n3C)CC2C)c1. The van der Waals surface area contributed by atoms with Gasteiger partial charge in [0, 0.05) is 38.4 Å². The summed E-state index contributed by atoms with van der Waals surface area (Å²) in [6.45, 7) is 9.31. The fourth-order valence-electron chi connectivity index (χ4n) is 4.60. The molecule has 0 saturated carbocycles. The van der Waals surface area contributed by atoms with Crippen LogP contribution in [-0.4, -0.2) is 39.9 Å². The van der Waals surface area contributed by atoms with Crippen molar-refractivity contribution in [1.82, 2.24) is 14.3 Å². The second kappa shape index (κ2) is 8.32. The molecule has 1 aliphatic rings. The van der Waals surface area contributed by atoms with E-state index in [9.17, 15) is 4.79 Å². The number of anilines is 1. The summed E-state index contributed by atoms with van der Waals surface area (Å²) in [6, 6.07) is 18.7. The molecule has 0 N–H and O–H groups in total. The number of hydrogen-bond donors (Lipinski definition) is 0. The molecule has 5 nitrogen and oxygen atoms in total. The number of benzene rings is 2. The monoisotopic (exact) mass is 424 g/mol. The van der Waals surface area contributed by atoms with Crippen molar-refractivity contribution in [3.63, 3.8) is 0 Å². The first-order chi connectivity index (χ1) is 14.4. The minimum Gasteiger partial charge on any atom is -0.366 e. The minimum absolute atomic E-state index is 0.0438. The highest BCUT2D eigenvalue weighted by molar-refractivity contribution is 6.31. The lowest BCUT2D eigenvalue weighted by Gasteiger charge is -2.43. The molecule has 0 radical (unpaired) electrons. The first kappa shape index (κ1) is 20.8. The molecule has 0 amide bonds. The highest BCUT2D eigenvalue weighted by Crippen LogP contribution is 2.30. The van der Waals surface area contributed by atoms with E-state index in [1.807, 2.05) is 42.1 Å². The van der Waals surface area contributed by atoms with Gasteiger partial charge in [0.1, 0.15) is 5.02 Å². The van der Waals surface area contributed by atoms with E-state index in [2.05, 4.69) is 54.8 Å². The third kappa shape index (κ3) is 3.68. The average molecular weight is 425 g/mol. The van der Waals surface area contributed by atoms with Gasteiger partial charge >= 0.3 is 0 Å². The van der Waals surface area contributed by atoms with Crippen LogP contribution in [0.5, 0.6) is 0 Å². The van der Waals surface area contributed by atoms with Crippen LogP contribution in [0.4, 0.5) is 5.69 Å². The zero-order valence-electron chi connectivity index (χ0n) is 18.0. The maximum absolute atomic E-state index is 12.9. The molecule has 2 atom stereocenters. The van der Waals surface area contributed by atoms with Crippen LogP contribution in [0.25, 0.3) is 5.69 Å². The van der Waals surface area contributed by atoms with Crippen LogP contribution in [0.1, 0.15) is 31.1 Å². The summed E-state index contributed by atoms with van der Waals surface area (Å²) >= 11 is 6.57. The summed E-state index contributed by atoms with van der Waals surface area (Å²) in [5, 5.41) is 0.308. The number of aryl methyl sites for hydroxylation is 1. The summed E-state index contributed by atoms with van der Waals surface area (Å²) < 4.78 is 3.56. The summed E-state index contributed by atoms with van der Waals surface area (Å²) in [5.74, 6) is 0. The molecule has 158 valence electrons. The summed E-state index contributed by atoms with van der Waals surface area (Å²) in [7, 11) is 1.92. The Morgan fingerprint density at radius 3 is 2.40 bits per heavy atom.